The standard InChI is InChI=1S/C18H24N2S/c1-13-7-6-10-15(13)16(19-2)11-18-20-17(12-21-18)14-8-4-3-5-9-14/h3-5,8-9,12-13,15-16,19H,6-7,10-11H2,1-2H3. The molecule has 21 heavy (non-hydrogen) atoms. The molecule has 1 aliphatic carbocycles. The van der Waals surface area contributed by atoms with Crippen LogP contribution >= 0.6 is 11.3 Å². The van der Waals surface area contributed by atoms with Gasteiger partial charge in [0.25, 0.3) is 0 Å². The topological polar surface area (TPSA) is 24.9 Å². The molecule has 2 nitrogen and oxygen atoms in total. The maximum atomic E-state index is 4.84. The van der Waals surface area contributed by atoms with Gasteiger partial charge in [-0.15, -0.1) is 11.3 Å². The number of benzene rings is 1. The predicted octanol–water partition coefficient (Wildman–Crippen LogP) is 4.38. The molecule has 1 heterocycles. The van der Waals surface area contributed by atoms with Crippen LogP contribution in [0.4, 0.5) is 0 Å². The van der Waals surface area contributed by atoms with Crippen LogP contribution in [0.1, 0.15) is 31.2 Å². The molecule has 1 aromatic carbocycles. The van der Waals surface area contributed by atoms with Gasteiger partial charge in [-0.1, -0.05) is 50.1 Å². The van der Waals surface area contributed by atoms with Crippen molar-refractivity contribution in [2.24, 2.45) is 11.8 Å². The van der Waals surface area contributed by atoms with Gasteiger partial charge in [-0.2, -0.15) is 0 Å². The van der Waals surface area contributed by atoms with Crippen LogP contribution < -0.4 is 5.32 Å². The molecular weight excluding hydrogens is 276 g/mol. The minimum atomic E-state index is 0.567. The molecule has 3 heteroatoms. The number of aromatic nitrogens is 1. The second-order valence-corrected chi connectivity index (χ2v) is 7.11. The normalized spacial score (nSPS) is 23.3. The van der Waals surface area contributed by atoms with Crippen molar-refractivity contribution in [1.29, 1.82) is 0 Å². The maximum absolute atomic E-state index is 4.84. The number of nitrogens with one attached hydrogen (secondary N) is 1. The Morgan fingerprint density at radius 1 is 1.29 bits per heavy atom. The number of hydrogen-bond donors (Lipinski definition) is 1. The molecule has 112 valence electrons. The largest absolute Gasteiger partial charge is 0.316 e. The minimum Gasteiger partial charge on any atom is -0.316 e. The quantitative estimate of drug-likeness (QED) is 0.886. The SMILES string of the molecule is CNC(Cc1nc(-c2ccccc2)cs1)C1CCCC1C. The Kier molecular flexibility index (Phi) is 4.71. The Balaban J connectivity index is 1.71. The first kappa shape index (κ1) is 14.7. The molecule has 0 spiro atoms. The number of hydrogen-bond acceptors (Lipinski definition) is 3. The summed E-state index contributed by atoms with van der Waals surface area (Å²) in [6, 6.07) is 11.0. The molecular formula is C18H24N2S. The van der Waals surface area contributed by atoms with Crippen LogP contribution in [0, 0.1) is 11.8 Å². The fourth-order valence-electron chi connectivity index (χ4n) is 3.57. The second kappa shape index (κ2) is 6.71. The van der Waals surface area contributed by atoms with Crippen LogP contribution in [-0.2, 0) is 6.42 Å². The first-order valence-electron chi connectivity index (χ1n) is 7.95. The number of thiazole rings is 1. The van der Waals surface area contributed by atoms with Crippen molar-refractivity contribution in [3.63, 3.8) is 0 Å². The van der Waals surface area contributed by atoms with Gasteiger partial charge in [-0.3, -0.25) is 0 Å². The Morgan fingerprint density at radius 2 is 2.10 bits per heavy atom. The Bertz CT molecular complexity index is 564. The molecule has 2 aromatic rings. The van der Waals surface area contributed by atoms with Crippen LogP contribution in [0.3, 0.4) is 0 Å². The summed E-state index contributed by atoms with van der Waals surface area (Å²) in [5.41, 5.74) is 2.33. The zero-order valence-corrected chi connectivity index (χ0v) is 13.7. The summed E-state index contributed by atoms with van der Waals surface area (Å²) >= 11 is 1.80. The second-order valence-electron chi connectivity index (χ2n) is 6.16. The molecule has 0 bridgehead atoms. The van der Waals surface area contributed by atoms with E-state index in [1.165, 1.54) is 29.8 Å². The molecule has 0 radical (unpaired) electrons. The monoisotopic (exact) mass is 300 g/mol. The van der Waals surface area contributed by atoms with E-state index in [2.05, 4.69) is 55.0 Å². The molecule has 3 atom stereocenters. The zero-order chi connectivity index (χ0) is 14.7. The third kappa shape index (κ3) is 3.35. The van der Waals surface area contributed by atoms with Crippen molar-refractivity contribution >= 4 is 11.3 Å². The molecule has 3 unspecified atom stereocenters. The predicted molar refractivity (Wildman–Crippen MR) is 90.6 cm³/mol. The van der Waals surface area contributed by atoms with E-state index in [4.69, 9.17) is 4.98 Å². The van der Waals surface area contributed by atoms with Gasteiger partial charge in [-0.25, -0.2) is 4.98 Å². The van der Waals surface area contributed by atoms with E-state index < -0.39 is 0 Å². The van der Waals surface area contributed by atoms with Gasteiger partial charge in [0.15, 0.2) is 0 Å². The lowest BCUT2D eigenvalue weighted by Crippen LogP contribution is -2.36. The highest BCUT2D eigenvalue weighted by atomic mass is 32.1. The van der Waals surface area contributed by atoms with Crippen molar-refractivity contribution in [2.45, 2.75) is 38.6 Å². The summed E-state index contributed by atoms with van der Waals surface area (Å²) in [5.74, 6) is 1.65. The zero-order valence-electron chi connectivity index (χ0n) is 12.9. The van der Waals surface area contributed by atoms with Gasteiger partial charge in [0, 0.05) is 23.4 Å². The summed E-state index contributed by atoms with van der Waals surface area (Å²) in [6.45, 7) is 2.40. The molecule has 1 N–H and O–H groups in total. The highest BCUT2D eigenvalue weighted by Gasteiger charge is 2.30. The average Bonchev–Trinajstić information content (AvgIpc) is 3.15. The fraction of sp³-hybridized carbons (Fsp3) is 0.500. The van der Waals surface area contributed by atoms with E-state index in [1.807, 2.05) is 0 Å². The van der Waals surface area contributed by atoms with Gasteiger partial charge in [-0.05, 0) is 25.3 Å². The van der Waals surface area contributed by atoms with Gasteiger partial charge < -0.3 is 5.32 Å². The van der Waals surface area contributed by atoms with Crippen LogP contribution in [0.2, 0.25) is 0 Å². The van der Waals surface area contributed by atoms with E-state index in [9.17, 15) is 0 Å². The third-order valence-electron chi connectivity index (χ3n) is 4.83. The van der Waals surface area contributed by atoms with Gasteiger partial charge in [0.2, 0.25) is 0 Å². The lowest BCUT2D eigenvalue weighted by atomic mass is 9.88. The Hall–Kier alpha value is -1.19. The van der Waals surface area contributed by atoms with E-state index in [0.29, 0.717) is 6.04 Å². The van der Waals surface area contributed by atoms with E-state index in [1.54, 1.807) is 11.3 Å². The van der Waals surface area contributed by atoms with Gasteiger partial charge in [0.05, 0.1) is 10.7 Å². The van der Waals surface area contributed by atoms with Gasteiger partial charge in [0.1, 0.15) is 0 Å². The molecule has 0 aliphatic heterocycles. The van der Waals surface area contributed by atoms with Crippen molar-refractivity contribution in [2.75, 3.05) is 7.05 Å². The number of rotatable bonds is 5. The molecule has 1 fully saturated rings. The van der Waals surface area contributed by atoms with Crippen molar-refractivity contribution < 1.29 is 0 Å². The van der Waals surface area contributed by atoms with Crippen LogP contribution in [0.25, 0.3) is 11.3 Å². The smallest absolute Gasteiger partial charge is 0.0948 e. The first-order chi connectivity index (χ1) is 10.3. The van der Waals surface area contributed by atoms with E-state index in [-0.39, 0.29) is 0 Å². The Morgan fingerprint density at radius 3 is 2.76 bits per heavy atom. The molecule has 0 amide bonds. The highest BCUT2D eigenvalue weighted by Crippen LogP contribution is 2.35. The first-order valence-corrected chi connectivity index (χ1v) is 8.83. The van der Waals surface area contributed by atoms with Crippen LogP contribution in [0.15, 0.2) is 35.7 Å². The van der Waals surface area contributed by atoms with E-state index in [0.717, 1.165) is 24.0 Å². The fourth-order valence-corrected chi connectivity index (χ4v) is 4.44. The molecule has 0 saturated heterocycles. The number of likely N-dealkylation sites (N-methyl/N-ethyl adjacent to an activating group) is 1. The lowest BCUT2D eigenvalue weighted by molar-refractivity contribution is 0.308. The minimum absolute atomic E-state index is 0.567. The molecule has 1 aromatic heterocycles. The van der Waals surface area contributed by atoms with Gasteiger partial charge >= 0.3 is 0 Å². The number of nitrogens with zero attached hydrogens (tertiary/aromatic N) is 1. The summed E-state index contributed by atoms with van der Waals surface area (Å²) in [4.78, 5) is 4.84. The van der Waals surface area contributed by atoms with Crippen LogP contribution in [0.5, 0.6) is 0 Å². The van der Waals surface area contributed by atoms with Crippen molar-refractivity contribution in [1.82, 2.24) is 10.3 Å². The summed E-state index contributed by atoms with van der Waals surface area (Å²) in [5, 5.41) is 6.99. The summed E-state index contributed by atoms with van der Waals surface area (Å²) in [6.07, 6.45) is 5.19. The lowest BCUT2D eigenvalue weighted by Gasteiger charge is -2.25. The van der Waals surface area contributed by atoms with Crippen molar-refractivity contribution in [3.05, 3.63) is 40.7 Å². The van der Waals surface area contributed by atoms with Crippen LogP contribution in [-0.4, -0.2) is 18.1 Å². The Labute approximate surface area is 131 Å². The third-order valence-corrected chi connectivity index (χ3v) is 5.70. The molecule has 1 aliphatic rings. The maximum Gasteiger partial charge on any atom is 0.0948 e. The van der Waals surface area contributed by atoms with E-state index >= 15 is 0 Å². The summed E-state index contributed by atoms with van der Waals surface area (Å²) < 4.78 is 0. The summed E-state index contributed by atoms with van der Waals surface area (Å²) in [7, 11) is 2.10. The molecule has 1 saturated carbocycles. The average molecular weight is 300 g/mol. The molecule has 3 rings (SSSR count). The van der Waals surface area contributed by atoms with Crippen molar-refractivity contribution in [3.8, 4) is 11.3 Å². The highest BCUT2D eigenvalue weighted by molar-refractivity contribution is 7.09.